The van der Waals surface area contributed by atoms with E-state index in [1.165, 1.54) is 44.9 Å². The van der Waals surface area contributed by atoms with Gasteiger partial charge in [-0.15, -0.1) is 0 Å². The Labute approximate surface area is 494 Å². The van der Waals surface area contributed by atoms with Crippen LogP contribution in [0.2, 0.25) is 0 Å². The fourth-order valence-electron chi connectivity index (χ4n) is 9.32. The van der Waals surface area contributed by atoms with Gasteiger partial charge in [0.2, 0.25) is 5.91 Å². The molecule has 0 bridgehead atoms. The first-order valence-electron chi connectivity index (χ1n) is 31.4. The van der Waals surface area contributed by atoms with Gasteiger partial charge in [0.25, 0.3) is 0 Å². The predicted molar refractivity (Wildman–Crippen MR) is 331 cm³/mol. The third kappa shape index (κ3) is 36.1. The Morgan fingerprint density at radius 3 is 1.29 bits per heavy atom. The second kappa shape index (κ2) is 51.5. The molecule has 2 aliphatic heterocycles. The summed E-state index contributed by atoms with van der Waals surface area (Å²) in [5.41, 5.74) is 0. The molecule has 0 aromatic carbocycles. The molecule has 2 rings (SSSR count). The number of aliphatic hydroxyl groups is 8. The van der Waals surface area contributed by atoms with Crippen LogP contribution in [-0.4, -0.2) is 140 Å². The number of carbonyl (C=O) groups is 1. The molecule has 0 radical (unpaired) electrons. The van der Waals surface area contributed by atoms with E-state index in [1.807, 2.05) is 6.08 Å². The van der Waals surface area contributed by atoms with Crippen molar-refractivity contribution in [2.45, 2.75) is 267 Å². The maximum absolute atomic E-state index is 13.2. The number of nitrogens with one attached hydrogen (secondary N) is 1. The largest absolute Gasteiger partial charge is 0.394 e. The Morgan fingerprint density at radius 1 is 0.451 bits per heavy atom. The van der Waals surface area contributed by atoms with Gasteiger partial charge in [0.15, 0.2) is 12.6 Å². The average Bonchev–Trinajstić information content (AvgIpc) is 3.38. The lowest BCUT2D eigenvalue weighted by Gasteiger charge is -2.46. The molecule has 9 N–H and O–H groups in total. The highest BCUT2D eigenvalue weighted by Crippen LogP contribution is 2.30. The van der Waals surface area contributed by atoms with E-state index >= 15 is 0 Å². The fourth-order valence-corrected chi connectivity index (χ4v) is 9.32. The van der Waals surface area contributed by atoms with Gasteiger partial charge in [-0.25, -0.2) is 0 Å². The first kappa shape index (κ1) is 74.2. The highest BCUT2D eigenvalue weighted by molar-refractivity contribution is 5.76. The van der Waals surface area contributed by atoms with Crippen LogP contribution in [0.25, 0.3) is 0 Å². The van der Waals surface area contributed by atoms with Crippen molar-refractivity contribution < 1.29 is 64.6 Å². The van der Waals surface area contributed by atoms with Gasteiger partial charge < -0.3 is 65.1 Å². The van der Waals surface area contributed by atoms with Gasteiger partial charge in [0, 0.05) is 6.42 Å². The second-order valence-electron chi connectivity index (χ2n) is 21.5. The molecule has 12 unspecified atom stereocenters. The zero-order chi connectivity index (χ0) is 59.5. The summed E-state index contributed by atoms with van der Waals surface area (Å²) >= 11 is 0. The number of amides is 1. The van der Waals surface area contributed by atoms with Crippen LogP contribution in [0.15, 0.2) is 134 Å². The summed E-state index contributed by atoms with van der Waals surface area (Å²) in [6, 6.07) is -0.926. The molecule has 0 saturated carbocycles. The molecule has 2 saturated heterocycles. The van der Waals surface area contributed by atoms with E-state index in [9.17, 15) is 45.6 Å². The third-order valence-electron chi connectivity index (χ3n) is 14.3. The number of unbranched alkanes of at least 4 members (excludes halogenated alkanes) is 15. The smallest absolute Gasteiger partial charge is 0.220 e. The van der Waals surface area contributed by atoms with Crippen LogP contribution in [0, 0.1) is 0 Å². The summed E-state index contributed by atoms with van der Waals surface area (Å²) in [7, 11) is 0. The van der Waals surface area contributed by atoms with Crippen LogP contribution >= 0.6 is 0 Å². The minimum Gasteiger partial charge on any atom is -0.394 e. The molecule has 14 nitrogen and oxygen atoms in total. The number of carbonyl (C=O) groups excluding carboxylic acids is 1. The van der Waals surface area contributed by atoms with E-state index in [4.69, 9.17) is 18.9 Å². The Morgan fingerprint density at radius 2 is 0.841 bits per heavy atom. The van der Waals surface area contributed by atoms with Crippen molar-refractivity contribution in [1.82, 2.24) is 5.32 Å². The molecule has 0 spiro atoms. The van der Waals surface area contributed by atoms with E-state index in [1.54, 1.807) is 6.08 Å². The van der Waals surface area contributed by atoms with Crippen molar-refractivity contribution >= 4 is 5.91 Å². The molecule has 466 valence electrons. The molecule has 2 fully saturated rings. The zero-order valence-corrected chi connectivity index (χ0v) is 50.2. The number of aliphatic hydroxyl groups excluding tert-OH is 8. The lowest BCUT2D eigenvalue weighted by molar-refractivity contribution is -0.359. The number of hydrogen-bond acceptors (Lipinski definition) is 13. The first-order chi connectivity index (χ1) is 40.1. The van der Waals surface area contributed by atoms with Crippen LogP contribution in [0.5, 0.6) is 0 Å². The molecule has 14 heteroatoms. The molecule has 2 aliphatic rings. The van der Waals surface area contributed by atoms with Gasteiger partial charge in [-0.3, -0.25) is 4.79 Å². The predicted octanol–water partition coefficient (Wildman–Crippen LogP) is 11.6. The standard InChI is InChI=1S/C68H111NO13/c1-3-5-7-9-11-13-14-15-16-17-18-19-20-21-22-23-24-25-26-27-28-29-30-31-32-33-34-35-36-37-38-39-40-41-42-44-46-48-50-52-60(73)69-56(57(72)51-49-47-45-43-12-10-8-6-4-2)55-79-67-65(78)63(76)66(59(54-71)81-67)82-68-64(77)62(75)61(74)58(53-70)80-68/h5,7,11,13,15-16,18-19,21-22,24-25,27-28,30-31,33-34,36-37,49,51,56-59,61-68,70-72,74-78H,3-4,6,8-10,12,14,17,20,23,26,29,32,35,38-48,50,52-55H2,1-2H3,(H,69,73)/b7-5-,13-11-,16-15-,19-18-,22-21-,25-24-,28-27-,31-30-,34-33-,37-36-,51-49+. The third-order valence-corrected chi connectivity index (χ3v) is 14.3. The lowest BCUT2D eigenvalue weighted by Crippen LogP contribution is -2.65. The van der Waals surface area contributed by atoms with Crippen molar-refractivity contribution in [3.8, 4) is 0 Å². The summed E-state index contributed by atoms with van der Waals surface area (Å²) < 4.78 is 22.7. The molecular formula is C68H111NO13. The normalized spacial score (nSPS) is 24.9. The summed E-state index contributed by atoms with van der Waals surface area (Å²) in [6.45, 7) is 2.61. The molecule has 12 atom stereocenters. The molecule has 0 aliphatic carbocycles. The van der Waals surface area contributed by atoms with Crippen LogP contribution in [0.1, 0.15) is 194 Å². The summed E-state index contributed by atoms with van der Waals surface area (Å²) in [6.07, 6.45) is 59.5. The number of rotatable bonds is 48. The molecule has 82 heavy (non-hydrogen) atoms. The van der Waals surface area contributed by atoms with E-state index in [0.717, 1.165) is 122 Å². The van der Waals surface area contributed by atoms with Crippen LogP contribution in [-0.2, 0) is 23.7 Å². The molecule has 1 amide bonds. The molecule has 2 heterocycles. The lowest BCUT2D eigenvalue weighted by atomic mass is 9.97. The maximum Gasteiger partial charge on any atom is 0.220 e. The number of hydrogen-bond donors (Lipinski definition) is 9. The van der Waals surface area contributed by atoms with Crippen molar-refractivity contribution in [1.29, 1.82) is 0 Å². The summed E-state index contributed by atoms with van der Waals surface area (Å²) in [5.74, 6) is -0.257. The minimum absolute atomic E-state index is 0.257. The van der Waals surface area contributed by atoms with Crippen LogP contribution in [0.4, 0.5) is 0 Å². The molecular weight excluding hydrogens is 1040 g/mol. The van der Waals surface area contributed by atoms with E-state index in [2.05, 4.69) is 141 Å². The maximum atomic E-state index is 13.2. The molecule has 0 aromatic rings. The Kier molecular flexibility index (Phi) is 46.7. The van der Waals surface area contributed by atoms with Gasteiger partial charge >= 0.3 is 0 Å². The quantitative estimate of drug-likeness (QED) is 0.0204. The fraction of sp³-hybridized carbons (Fsp3) is 0.662. The number of allylic oxidation sites excluding steroid dienone is 21. The Bertz CT molecular complexity index is 1880. The van der Waals surface area contributed by atoms with Gasteiger partial charge in [-0.2, -0.15) is 0 Å². The topological polar surface area (TPSA) is 228 Å². The summed E-state index contributed by atoms with van der Waals surface area (Å²) in [4.78, 5) is 13.2. The van der Waals surface area contributed by atoms with Crippen LogP contribution in [0.3, 0.4) is 0 Å². The highest BCUT2D eigenvalue weighted by Gasteiger charge is 2.51. The van der Waals surface area contributed by atoms with Crippen molar-refractivity contribution in [2.24, 2.45) is 0 Å². The van der Waals surface area contributed by atoms with Gasteiger partial charge in [-0.1, -0.05) is 225 Å². The Balaban J connectivity index is 1.61. The van der Waals surface area contributed by atoms with Gasteiger partial charge in [0.05, 0.1) is 32.0 Å². The SMILES string of the molecule is CC/C=C\C/C=C\C/C=C\C/C=C\C/C=C\C/C=C\C/C=C\C/C=C\C/C=C\C/C=C\CCCCCCCCCCC(=O)NC(COC1OC(CO)C(OC2OC(CO)C(O)C(O)C2O)C(O)C1O)C(O)/C=C/CCCCCCCCC. The van der Waals surface area contributed by atoms with Gasteiger partial charge in [0.1, 0.15) is 48.8 Å². The van der Waals surface area contributed by atoms with Crippen molar-refractivity contribution in [2.75, 3.05) is 19.8 Å². The first-order valence-corrected chi connectivity index (χ1v) is 31.4. The second-order valence-corrected chi connectivity index (χ2v) is 21.5. The Hall–Kier alpha value is -3.87. The summed E-state index contributed by atoms with van der Waals surface area (Å²) in [5, 5.41) is 86.8. The van der Waals surface area contributed by atoms with E-state index < -0.39 is 86.8 Å². The van der Waals surface area contributed by atoms with Crippen molar-refractivity contribution in [3.63, 3.8) is 0 Å². The minimum atomic E-state index is -1.79. The van der Waals surface area contributed by atoms with E-state index in [0.29, 0.717) is 6.42 Å². The van der Waals surface area contributed by atoms with E-state index in [-0.39, 0.29) is 18.9 Å². The van der Waals surface area contributed by atoms with Gasteiger partial charge in [-0.05, 0) is 96.3 Å². The number of ether oxygens (including phenoxy) is 4. The monoisotopic (exact) mass is 1150 g/mol. The average molecular weight is 1150 g/mol. The molecule has 0 aromatic heterocycles. The van der Waals surface area contributed by atoms with Crippen LogP contribution < -0.4 is 5.32 Å². The highest BCUT2D eigenvalue weighted by atomic mass is 16.7. The van der Waals surface area contributed by atoms with Crippen molar-refractivity contribution in [3.05, 3.63) is 134 Å². The zero-order valence-electron chi connectivity index (χ0n) is 50.2.